The number of ether oxygens (including phenoxy) is 1. The molecule has 0 radical (unpaired) electrons. The third kappa shape index (κ3) is 6.07. The van der Waals surface area contributed by atoms with Crippen LogP contribution in [0.15, 0.2) is 36.8 Å². The summed E-state index contributed by atoms with van der Waals surface area (Å²) in [4.78, 5) is 23.3. The van der Waals surface area contributed by atoms with Crippen LogP contribution in [0.1, 0.15) is 35.3 Å². The van der Waals surface area contributed by atoms with Gasteiger partial charge in [0, 0.05) is 49.2 Å². The molecule has 0 aromatic carbocycles. The molecule has 3 heterocycles. The molecule has 3 rings (SSSR count). The van der Waals surface area contributed by atoms with Crippen molar-refractivity contribution in [3.05, 3.63) is 53.5 Å². The van der Waals surface area contributed by atoms with Crippen molar-refractivity contribution in [1.82, 2.24) is 19.2 Å². The summed E-state index contributed by atoms with van der Waals surface area (Å²) in [5.74, 6) is 5.53. The van der Waals surface area contributed by atoms with E-state index in [0.717, 1.165) is 11.8 Å². The maximum Gasteiger partial charge on any atom is 0.259 e. The number of fused-ring (bicyclic) bond motifs is 1. The van der Waals surface area contributed by atoms with Crippen molar-refractivity contribution in [3.63, 3.8) is 0 Å². The highest BCUT2D eigenvalue weighted by Gasteiger charge is 2.35. The van der Waals surface area contributed by atoms with Crippen LogP contribution in [-0.2, 0) is 10.0 Å². The van der Waals surface area contributed by atoms with Crippen LogP contribution >= 0.6 is 0 Å². The van der Waals surface area contributed by atoms with Gasteiger partial charge < -0.3 is 14.7 Å². The molecule has 0 spiro atoms. The predicted octanol–water partition coefficient (Wildman–Crippen LogP) is 0.988. The fraction of sp³-hybridized carbons (Fsp3) is 0.435. The predicted molar refractivity (Wildman–Crippen MR) is 123 cm³/mol. The summed E-state index contributed by atoms with van der Waals surface area (Å²) in [6.45, 7) is 3.80. The van der Waals surface area contributed by atoms with Gasteiger partial charge in [-0.15, -0.1) is 0 Å². The number of amides is 1. The van der Waals surface area contributed by atoms with E-state index in [1.54, 1.807) is 36.4 Å². The van der Waals surface area contributed by atoms with E-state index in [1.165, 1.54) is 17.5 Å². The number of likely N-dealkylation sites (N-methyl/N-ethyl adjacent to an activating group) is 1. The van der Waals surface area contributed by atoms with Gasteiger partial charge in [0.2, 0.25) is 15.9 Å². The van der Waals surface area contributed by atoms with E-state index in [9.17, 15) is 18.3 Å². The third-order valence-corrected chi connectivity index (χ3v) is 6.82. The van der Waals surface area contributed by atoms with Crippen LogP contribution in [0, 0.1) is 17.8 Å². The lowest BCUT2D eigenvalue weighted by atomic mass is 10.0. The van der Waals surface area contributed by atoms with Crippen molar-refractivity contribution in [2.24, 2.45) is 5.92 Å². The highest BCUT2D eigenvalue weighted by molar-refractivity contribution is 7.88. The first-order chi connectivity index (χ1) is 15.6. The lowest BCUT2D eigenvalue weighted by Crippen LogP contribution is -2.50. The Morgan fingerprint density at radius 3 is 2.70 bits per heavy atom. The molecule has 33 heavy (non-hydrogen) atoms. The van der Waals surface area contributed by atoms with E-state index < -0.39 is 22.2 Å². The molecular weight excluding hydrogens is 444 g/mol. The summed E-state index contributed by atoms with van der Waals surface area (Å²) in [6, 6.07) is 4.77. The number of hydrogen-bond donors (Lipinski definition) is 1. The Morgan fingerprint density at radius 1 is 1.33 bits per heavy atom. The number of hydrogen-bond acceptors (Lipinski definition) is 7. The number of rotatable bonds is 5. The Labute approximate surface area is 194 Å². The molecule has 2 aromatic heterocycles. The molecule has 10 heteroatoms. The maximum absolute atomic E-state index is 13.4. The van der Waals surface area contributed by atoms with Gasteiger partial charge in [-0.25, -0.2) is 17.7 Å². The second-order valence-corrected chi connectivity index (χ2v) is 10.3. The Hall–Kier alpha value is -3.00. The minimum absolute atomic E-state index is 0.0964. The van der Waals surface area contributed by atoms with Crippen molar-refractivity contribution in [3.8, 4) is 17.7 Å². The van der Waals surface area contributed by atoms with Crippen LogP contribution in [0.4, 0.5) is 0 Å². The van der Waals surface area contributed by atoms with Crippen LogP contribution < -0.4 is 4.74 Å². The fourth-order valence-corrected chi connectivity index (χ4v) is 3.78. The summed E-state index contributed by atoms with van der Waals surface area (Å²) < 4.78 is 31.2. The number of carbonyl (C=O) groups excluding carboxylic acids is 1. The summed E-state index contributed by atoms with van der Waals surface area (Å²) in [7, 11) is -1.94. The van der Waals surface area contributed by atoms with Gasteiger partial charge in [0.15, 0.2) is 0 Å². The zero-order valence-corrected chi connectivity index (χ0v) is 19.9. The van der Waals surface area contributed by atoms with Crippen LogP contribution in [-0.4, -0.2) is 83.8 Å². The molecule has 0 saturated carbocycles. The van der Waals surface area contributed by atoms with E-state index in [2.05, 4.69) is 21.8 Å². The van der Waals surface area contributed by atoms with E-state index >= 15 is 0 Å². The molecule has 1 amide bonds. The highest BCUT2D eigenvalue weighted by atomic mass is 32.2. The largest absolute Gasteiger partial charge is 0.472 e. The number of sulfonamides is 1. The van der Waals surface area contributed by atoms with E-state index in [-0.39, 0.29) is 43.0 Å². The summed E-state index contributed by atoms with van der Waals surface area (Å²) in [5.41, 5.74) is 1.46. The standard InChI is InChI=1S/C23H28N4O5S/c1-16-13-27(17(2)15-28)23(29)20-10-19(8-7-18-6-5-9-24-11-18)12-25-22(20)32-21(16)14-26(3)33(4,30)31/h5-6,9-12,16-17,21,28H,13-15H2,1-4H3/t16-,17-,21-/m0/s1. The molecule has 9 nitrogen and oxygen atoms in total. The molecule has 0 saturated heterocycles. The molecule has 1 aliphatic rings. The zero-order valence-electron chi connectivity index (χ0n) is 19.1. The lowest BCUT2D eigenvalue weighted by Gasteiger charge is -2.37. The van der Waals surface area contributed by atoms with Gasteiger partial charge in [-0.1, -0.05) is 18.8 Å². The molecule has 1 N–H and O–H groups in total. The van der Waals surface area contributed by atoms with E-state index in [1.807, 2.05) is 13.0 Å². The van der Waals surface area contributed by atoms with Crippen LogP contribution in [0.2, 0.25) is 0 Å². The van der Waals surface area contributed by atoms with Crippen LogP contribution in [0.25, 0.3) is 0 Å². The normalized spacial score (nSPS) is 19.6. The van der Waals surface area contributed by atoms with Crippen molar-refractivity contribution in [1.29, 1.82) is 0 Å². The van der Waals surface area contributed by atoms with Crippen molar-refractivity contribution < 1.29 is 23.1 Å². The fourth-order valence-electron chi connectivity index (χ4n) is 3.36. The molecule has 0 fully saturated rings. The summed E-state index contributed by atoms with van der Waals surface area (Å²) in [6.07, 6.45) is 5.38. The highest BCUT2D eigenvalue weighted by Crippen LogP contribution is 2.27. The third-order valence-electron chi connectivity index (χ3n) is 5.54. The Bertz CT molecular complexity index is 1160. The number of nitrogens with zero attached hydrogens (tertiary/aromatic N) is 4. The molecule has 1 aliphatic heterocycles. The maximum atomic E-state index is 13.4. The Kier molecular flexibility index (Phi) is 7.68. The average Bonchev–Trinajstić information content (AvgIpc) is 2.79. The first kappa shape index (κ1) is 24.6. The monoisotopic (exact) mass is 472 g/mol. The van der Waals surface area contributed by atoms with Crippen molar-refractivity contribution in [2.75, 3.05) is 33.0 Å². The Morgan fingerprint density at radius 2 is 2.06 bits per heavy atom. The zero-order chi connectivity index (χ0) is 24.2. The number of aliphatic hydroxyl groups is 1. The molecule has 2 aromatic rings. The first-order valence-corrected chi connectivity index (χ1v) is 12.4. The molecule has 0 unspecified atom stereocenters. The second kappa shape index (κ2) is 10.3. The van der Waals surface area contributed by atoms with Crippen LogP contribution in [0.3, 0.4) is 0 Å². The molecule has 3 atom stereocenters. The van der Waals surface area contributed by atoms with Crippen LogP contribution in [0.5, 0.6) is 5.88 Å². The van der Waals surface area contributed by atoms with Gasteiger partial charge in [-0.05, 0) is 25.1 Å². The summed E-state index contributed by atoms with van der Waals surface area (Å²) in [5, 5.41) is 9.73. The molecule has 176 valence electrons. The lowest BCUT2D eigenvalue weighted by molar-refractivity contribution is 0.0373. The second-order valence-electron chi connectivity index (χ2n) is 8.23. The van der Waals surface area contributed by atoms with Gasteiger partial charge >= 0.3 is 0 Å². The topological polar surface area (TPSA) is 113 Å². The van der Waals surface area contributed by atoms with E-state index in [0.29, 0.717) is 5.56 Å². The van der Waals surface area contributed by atoms with Gasteiger partial charge in [0.25, 0.3) is 5.91 Å². The van der Waals surface area contributed by atoms with Crippen molar-refractivity contribution in [2.45, 2.75) is 26.0 Å². The quantitative estimate of drug-likeness (QED) is 0.646. The average molecular weight is 473 g/mol. The number of aromatic nitrogens is 2. The first-order valence-electron chi connectivity index (χ1n) is 10.5. The number of pyridine rings is 2. The minimum Gasteiger partial charge on any atom is -0.472 e. The Balaban J connectivity index is 2.01. The SMILES string of the molecule is C[C@H]1CN([C@@H](C)CO)C(=O)c2cc(C#Cc3cccnc3)cnc2O[C@H]1CN(C)S(C)(=O)=O. The van der Waals surface area contributed by atoms with E-state index in [4.69, 9.17) is 4.74 Å². The molecule has 0 aliphatic carbocycles. The van der Waals surface area contributed by atoms with Gasteiger partial charge in [-0.2, -0.15) is 0 Å². The van der Waals surface area contributed by atoms with Crippen molar-refractivity contribution >= 4 is 15.9 Å². The number of aliphatic hydroxyl groups excluding tert-OH is 1. The summed E-state index contributed by atoms with van der Waals surface area (Å²) >= 11 is 0. The minimum atomic E-state index is -3.42. The van der Waals surface area contributed by atoms with Gasteiger partial charge in [-0.3, -0.25) is 9.78 Å². The van der Waals surface area contributed by atoms with Gasteiger partial charge in [0.1, 0.15) is 11.7 Å². The number of carbonyl (C=O) groups is 1. The molecular formula is C23H28N4O5S. The smallest absolute Gasteiger partial charge is 0.259 e. The van der Waals surface area contributed by atoms with Gasteiger partial charge in [0.05, 0.1) is 25.4 Å². The molecule has 0 bridgehead atoms.